The van der Waals surface area contributed by atoms with Crippen LogP contribution >= 0.6 is 0 Å². The number of nitrogens with zero attached hydrogens (tertiary/aromatic N) is 1. The van der Waals surface area contributed by atoms with E-state index >= 15 is 0 Å². The van der Waals surface area contributed by atoms with Gasteiger partial charge < -0.3 is 20.1 Å². The number of hydrogen-bond acceptors (Lipinski definition) is 3. The largest absolute Gasteiger partial charge is 0.381 e. The quantitative estimate of drug-likeness (QED) is 0.381. The van der Waals surface area contributed by atoms with Gasteiger partial charge in [-0.15, -0.1) is 0 Å². The van der Waals surface area contributed by atoms with Gasteiger partial charge in [0.2, 0.25) is 0 Å². The SMILES string of the molecule is CCNC(=NCCCOCC1CCOC1)NC1CC1C1CCCCC1. The third-order valence-electron chi connectivity index (χ3n) is 5.86. The van der Waals surface area contributed by atoms with Gasteiger partial charge in [-0.25, -0.2) is 0 Å². The number of hydrogen-bond donors (Lipinski definition) is 2. The molecule has 144 valence electrons. The third-order valence-corrected chi connectivity index (χ3v) is 5.86. The average molecular weight is 352 g/mol. The summed E-state index contributed by atoms with van der Waals surface area (Å²) in [4.78, 5) is 4.73. The minimum absolute atomic E-state index is 0.606. The van der Waals surface area contributed by atoms with Gasteiger partial charge in [-0.05, 0) is 38.0 Å². The van der Waals surface area contributed by atoms with Gasteiger partial charge >= 0.3 is 0 Å². The molecule has 5 nitrogen and oxygen atoms in total. The Kier molecular flexibility index (Phi) is 7.86. The van der Waals surface area contributed by atoms with Crippen LogP contribution in [-0.4, -0.2) is 51.5 Å². The van der Waals surface area contributed by atoms with Crippen LogP contribution in [0, 0.1) is 17.8 Å². The number of aliphatic imine (C=N–C) groups is 1. The van der Waals surface area contributed by atoms with Crippen molar-refractivity contribution in [2.24, 2.45) is 22.7 Å². The van der Waals surface area contributed by atoms with Crippen molar-refractivity contribution in [3.8, 4) is 0 Å². The summed E-state index contributed by atoms with van der Waals surface area (Å²) in [7, 11) is 0. The fraction of sp³-hybridized carbons (Fsp3) is 0.950. The molecule has 0 aromatic heterocycles. The topological polar surface area (TPSA) is 54.9 Å². The van der Waals surface area contributed by atoms with Crippen LogP contribution < -0.4 is 10.6 Å². The molecule has 3 fully saturated rings. The number of rotatable bonds is 9. The molecule has 0 aromatic rings. The summed E-state index contributed by atoms with van der Waals surface area (Å²) < 4.78 is 11.1. The zero-order chi connectivity index (χ0) is 17.3. The van der Waals surface area contributed by atoms with Gasteiger partial charge in [0.15, 0.2) is 5.96 Å². The van der Waals surface area contributed by atoms with Gasteiger partial charge in [-0.3, -0.25) is 4.99 Å². The van der Waals surface area contributed by atoms with Crippen molar-refractivity contribution < 1.29 is 9.47 Å². The van der Waals surface area contributed by atoms with E-state index in [0.717, 1.165) is 70.2 Å². The van der Waals surface area contributed by atoms with Crippen LogP contribution in [0.5, 0.6) is 0 Å². The first-order valence-electron chi connectivity index (χ1n) is 10.6. The zero-order valence-electron chi connectivity index (χ0n) is 16.0. The molecule has 3 atom stereocenters. The van der Waals surface area contributed by atoms with Crippen molar-refractivity contribution in [2.45, 2.75) is 64.3 Å². The fourth-order valence-corrected chi connectivity index (χ4v) is 4.28. The number of guanidine groups is 1. The lowest BCUT2D eigenvalue weighted by atomic mass is 9.85. The summed E-state index contributed by atoms with van der Waals surface area (Å²) in [5.41, 5.74) is 0. The van der Waals surface area contributed by atoms with E-state index in [2.05, 4.69) is 17.6 Å². The van der Waals surface area contributed by atoms with Crippen molar-refractivity contribution in [2.75, 3.05) is 39.5 Å². The molecule has 3 rings (SSSR count). The van der Waals surface area contributed by atoms with Crippen molar-refractivity contribution in [1.29, 1.82) is 0 Å². The maximum Gasteiger partial charge on any atom is 0.191 e. The van der Waals surface area contributed by atoms with Gasteiger partial charge in [-0.1, -0.05) is 32.1 Å². The molecule has 25 heavy (non-hydrogen) atoms. The summed E-state index contributed by atoms with van der Waals surface area (Å²) >= 11 is 0. The molecule has 0 aromatic carbocycles. The van der Waals surface area contributed by atoms with Gasteiger partial charge in [0.25, 0.3) is 0 Å². The minimum atomic E-state index is 0.606. The molecule has 0 radical (unpaired) electrons. The number of ether oxygens (including phenoxy) is 2. The third kappa shape index (κ3) is 6.45. The van der Waals surface area contributed by atoms with Gasteiger partial charge in [-0.2, -0.15) is 0 Å². The second-order valence-corrected chi connectivity index (χ2v) is 7.97. The molecule has 1 heterocycles. The lowest BCUT2D eigenvalue weighted by Crippen LogP contribution is -2.39. The van der Waals surface area contributed by atoms with Crippen LogP contribution in [-0.2, 0) is 9.47 Å². The predicted molar refractivity (Wildman–Crippen MR) is 102 cm³/mol. The minimum Gasteiger partial charge on any atom is -0.381 e. The Labute approximate surface area is 153 Å². The summed E-state index contributed by atoms with van der Waals surface area (Å²) in [6, 6.07) is 0.652. The lowest BCUT2D eigenvalue weighted by Gasteiger charge is -2.22. The molecular weight excluding hydrogens is 314 g/mol. The van der Waals surface area contributed by atoms with Crippen LogP contribution in [0.25, 0.3) is 0 Å². The van der Waals surface area contributed by atoms with E-state index in [1.165, 1.54) is 38.5 Å². The zero-order valence-corrected chi connectivity index (χ0v) is 16.0. The Bertz CT molecular complexity index is 404. The van der Waals surface area contributed by atoms with Crippen LogP contribution in [0.3, 0.4) is 0 Å². The fourth-order valence-electron chi connectivity index (χ4n) is 4.28. The normalized spacial score (nSPS) is 30.4. The highest BCUT2D eigenvalue weighted by atomic mass is 16.5. The van der Waals surface area contributed by atoms with Crippen LogP contribution in [0.15, 0.2) is 4.99 Å². The molecule has 5 heteroatoms. The summed E-state index contributed by atoms with van der Waals surface area (Å²) in [5.74, 6) is 3.45. The highest BCUT2D eigenvalue weighted by molar-refractivity contribution is 5.80. The molecule has 2 saturated carbocycles. The molecule has 0 bridgehead atoms. The van der Waals surface area contributed by atoms with Crippen molar-refractivity contribution in [1.82, 2.24) is 10.6 Å². The second-order valence-electron chi connectivity index (χ2n) is 7.97. The van der Waals surface area contributed by atoms with E-state index in [0.29, 0.717) is 12.0 Å². The molecule has 0 amide bonds. The van der Waals surface area contributed by atoms with Crippen LogP contribution in [0.4, 0.5) is 0 Å². The maximum atomic E-state index is 5.76. The molecule has 2 N–H and O–H groups in total. The smallest absolute Gasteiger partial charge is 0.191 e. The predicted octanol–water partition coefficient (Wildman–Crippen LogP) is 2.95. The molecule has 2 aliphatic carbocycles. The average Bonchev–Trinajstić information content (AvgIpc) is 3.20. The van der Waals surface area contributed by atoms with Crippen molar-refractivity contribution in [3.63, 3.8) is 0 Å². The molecule has 1 aliphatic heterocycles. The first kappa shape index (κ1) is 19.0. The highest BCUT2D eigenvalue weighted by Crippen LogP contribution is 2.44. The van der Waals surface area contributed by atoms with Crippen LogP contribution in [0.1, 0.15) is 58.3 Å². The second kappa shape index (κ2) is 10.4. The molecule has 1 saturated heterocycles. The maximum absolute atomic E-state index is 5.76. The Hall–Kier alpha value is -0.810. The van der Waals surface area contributed by atoms with E-state index < -0.39 is 0 Å². The monoisotopic (exact) mass is 351 g/mol. The number of nitrogens with one attached hydrogen (secondary N) is 2. The van der Waals surface area contributed by atoms with E-state index in [1.54, 1.807) is 0 Å². The first-order chi connectivity index (χ1) is 12.4. The standard InChI is InChI=1S/C20H37N3O2/c1-2-21-20(22-10-6-11-24-14-16-9-12-25-15-16)23-19-13-18(19)17-7-4-3-5-8-17/h16-19H,2-15H2,1H3,(H2,21,22,23). The Balaban J connectivity index is 1.29. The molecule has 0 spiro atoms. The van der Waals surface area contributed by atoms with Gasteiger partial charge in [0.05, 0.1) is 13.2 Å². The van der Waals surface area contributed by atoms with Crippen LogP contribution in [0.2, 0.25) is 0 Å². The van der Waals surface area contributed by atoms with Gasteiger partial charge in [0.1, 0.15) is 0 Å². The van der Waals surface area contributed by atoms with E-state index in [4.69, 9.17) is 14.5 Å². The Morgan fingerprint density at radius 2 is 2.08 bits per heavy atom. The molecule has 3 unspecified atom stereocenters. The van der Waals surface area contributed by atoms with Gasteiger partial charge in [0, 0.05) is 38.3 Å². The van der Waals surface area contributed by atoms with Crippen molar-refractivity contribution in [3.05, 3.63) is 0 Å². The molecular formula is C20H37N3O2. The Morgan fingerprint density at radius 1 is 1.20 bits per heavy atom. The van der Waals surface area contributed by atoms with Crippen molar-refractivity contribution >= 4 is 5.96 Å². The summed E-state index contributed by atoms with van der Waals surface area (Å²) in [6.07, 6.45) is 10.7. The van der Waals surface area contributed by atoms with E-state index in [-0.39, 0.29) is 0 Å². The van der Waals surface area contributed by atoms with E-state index in [9.17, 15) is 0 Å². The first-order valence-corrected chi connectivity index (χ1v) is 10.6. The van der Waals surface area contributed by atoms with E-state index in [1.807, 2.05) is 0 Å². The Morgan fingerprint density at radius 3 is 2.84 bits per heavy atom. The highest BCUT2D eigenvalue weighted by Gasteiger charge is 2.43. The summed E-state index contributed by atoms with van der Waals surface area (Å²) in [5, 5.41) is 7.05. The summed E-state index contributed by atoms with van der Waals surface area (Å²) in [6.45, 7) is 7.30. The molecule has 3 aliphatic rings. The lowest BCUT2D eigenvalue weighted by molar-refractivity contribution is 0.0893.